The van der Waals surface area contributed by atoms with Gasteiger partial charge in [-0.3, -0.25) is 0 Å². The van der Waals surface area contributed by atoms with Gasteiger partial charge in [0.15, 0.2) is 0 Å². The number of nitrogen functional groups attached to an aromatic ring is 1. The number of alkyl halides is 3. The van der Waals surface area contributed by atoms with Crippen molar-refractivity contribution < 1.29 is 13.2 Å². The van der Waals surface area contributed by atoms with Crippen molar-refractivity contribution in [3.8, 4) is 0 Å². The number of aryl methyl sites for hydroxylation is 1. The molecule has 0 aliphatic heterocycles. The van der Waals surface area contributed by atoms with Crippen LogP contribution in [0.1, 0.15) is 49.3 Å². The molecule has 1 saturated carbocycles. The second-order valence-corrected chi connectivity index (χ2v) is 6.31. The minimum Gasteiger partial charge on any atom is -0.399 e. The predicted molar refractivity (Wildman–Crippen MR) is 76.9 cm³/mol. The average molecular weight is 298 g/mol. The molecular formula is C16H21F3N2. The van der Waals surface area contributed by atoms with Crippen LogP contribution in [0.5, 0.6) is 0 Å². The third-order valence-corrected chi connectivity index (χ3v) is 4.87. The van der Waals surface area contributed by atoms with Crippen LogP contribution in [0.4, 0.5) is 18.9 Å². The van der Waals surface area contributed by atoms with E-state index >= 15 is 0 Å². The molecule has 0 radical (unpaired) electrons. The van der Waals surface area contributed by atoms with E-state index in [1.165, 1.54) is 11.1 Å². The van der Waals surface area contributed by atoms with Crippen LogP contribution < -0.4 is 11.1 Å². The number of benzene rings is 1. The summed E-state index contributed by atoms with van der Waals surface area (Å²) in [6.45, 7) is 0. The summed E-state index contributed by atoms with van der Waals surface area (Å²) in [5.74, 6) is -1.11. The molecule has 0 saturated heterocycles. The van der Waals surface area contributed by atoms with Crippen molar-refractivity contribution in [2.24, 2.45) is 5.92 Å². The minimum atomic E-state index is -4.03. The molecule has 3 N–H and O–H groups in total. The molecule has 2 nitrogen and oxygen atoms in total. The van der Waals surface area contributed by atoms with Crippen LogP contribution in [0.3, 0.4) is 0 Å². The van der Waals surface area contributed by atoms with Gasteiger partial charge in [-0.1, -0.05) is 6.07 Å². The van der Waals surface area contributed by atoms with Crippen LogP contribution in [0.2, 0.25) is 0 Å². The maximum absolute atomic E-state index is 12.7. The van der Waals surface area contributed by atoms with Gasteiger partial charge in [-0.05, 0) is 61.8 Å². The Morgan fingerprint density at radius 3 is 2.43 bits per heavy atom. The largest absolute Gasteiger partial charge is 0.399 e. The molecule has 0 heterocycles. The quantitative estimate of drug-likeness (QED) is 0.811. The number of fused-ring (bicyclic) bond motifs is 1. The molecule has 0 amide bonds. The summed E-state index contributed by atoms with van der Waals surface area (Å²) in [4.78, 5) is 0. The molecule has 1 fully saturated rings. The number of halogens is 3. The van der Waals surface area contributed by atoms with E-state index in [2.05, 4.69) is 11.4 Å². The van der Waals surface area contributed by atoms with E-state index in [0.29, 0.717) is 12.8 Å². The summed E-state index contributed by atoms with van der Waals surface area (Å²) >= 11 is 0. The molecule has 0 bridgehead atoms. The molecule has 1 aromatic rings. The van der Waals surface area contributed by atoms with Crippen molar-refractivity contribution in [3.63, 3.8) is 0 Å². The summed E-state index contributed by atoms with van der Waals surface area (Å²) in [6.07, 6.45) is -0.280. The van der Waals surface area contributed by atoms with Gasteiger partial charge in [0.1, 0.15) is 0 Å². The minimum absolute atomic E-state index is 0.206. The molecule has 1 aromatic carbocycles. The maximum Gasteiger partial charge on any atom is 0.391 e. The van der Waals surface area contributed by atoms with Gasteiger partial charge >= 0.3 is 6.18 Å². The molecule has 1 atom stereocenters. The van der Waals surface area contributed by atoms with Crippen LogP contribution in [-0.2, 0) is 6.42 Å². The van der Waals surface area contributed by atoms with Crippen molar-refractivity contribution in [2.75, 3.05) is 5.73 Å². The Morgan fingerprint density at radius 1 is 1.05 bits per heavy atom. The summed E-state index contributed by atoms with van der Waals surface area (Å²) < 4.78 is 38.0. The monoisotopic (exact) mass is 298 g/mol. The lowest BCUT2D eigenvalue weighted by atomic mass is 9.85. The fourth-order valence-electron chi connectivity index (χ4n) is 3.68. The summed E-state index contributed by atoms with van der Waals surface area (Å²) in [5, 5.41) is 3.56. The fraction of sp³-hybridized carbons (Fsp3) is 0.625. The zero-order chi connectivity index (χ0) is 15.0. The van der Waals surface area contributed by atoms with Crippen molar-refractivity contribution in [3.05, 3.63) is 29.3 Å². The van der Waals surface area contributed by atoms with Crippen molar-refractivity contribution in [2.45, 2.75) is 56.8 Å². The summed E-state index contributed by atoms with van der Waals surface area (Å²) in [7, 11) is 0. The van der Waals surface area contributed by atoms with Gasteiger partial charge in [-0.2, -0.15) is 13.2 Å². The first-order valence-corrected chi connectivity index (χ1v) is 7.64. The molecule has 3 rings (SSSR count). The molecule has 0 spiro atoms. The zero-order valence-corrected chi connectivity index (χ0v) is 11.9. The van der Waals surface area contributed by atoms with E-state index in [9.17, 15) is 13.2 Å². The predicted octanol–water partition coefficient (Wildman–Crippen LogP) is 3.97. The normalized spacial score (nSPS) is 29.4. The first kappa shape index (κ1) is 14.7. The highest BCUT2D eigenvalue weighted by molar-refractivity contribution is 5.47. The number of nitrogens with two attached hydrogens (primary N) is 1. The highest BCUT2D eigenvalue weighted by Crippen LogP contribution is 2.39. The molecule has 116 valence electrons. The molecule has 21 heavy (non-hydrogen) atoms. The lowest BCUT2D eigenvalue weighted by Gasteiger charge is -2.32. The number of anilines is 1. The molecule has 2 aliphatic carbocycles. The Morgan fingerprint density at radius 2 is 1.76 bits per heavy atom. The summed E-state index contributed by atoms with van der Waals surface area (Å²) in [6, 6.07) is 6.44. The van der Waals surface area contributed by atoms with Crippen LogP contribution >= 0.6 is 0 Å². The Balaban J connectivity index is 1.58. The van der Waals surface area contributed by atoms with Crippen LogP contribution in [0.15, 0.2) is 18.2 Å². The summed E-state index contributed by atoms with van der Waals surface area (Å²) in [5.41, 5.74) is 9.11. The lowest BCUT2D eigenvalue weighted by molar-refractivity contribution is -0.182. The standard InChI is InChI=1S/C16H21F3N2/c17-16(18,19)11-2-5-13(6-3-11)21-15-8-1-10-9-12(20)4-7-14(10)15/h4,7,9,11,13,15,21H,1-3,5-6,8,20H2. The van der Waals surface area contributed by atoms with Gasteiger partial charge in [0.2, 0.25) is 0 Å². The number of hydrogen-bond acceptors (Lipinski definition) is 2. The van der Waals surface area contributed by atoms with E-state index in [1.807, 2.05) is 12.1 Å². The molecule has 2 aliphatic rings. The molecule has 5 heteroatoms. The van der Waals surface area contributed by atoms with Gasteiger partial charge in [-0.25, -0.2) is 0 Å². The smallest absolute Gasteiger partial charge is 0.391 e. The van der Waals surface area contributed by atoms with Crippen LogP contribution in [0.25, 0.3) is 0 Å². The first-order valence-electron chi connectivity index (χ1n) is 7.64. The number of nitrogens with one attached hydrogen (secondary N) is 1. The highest BCUT2D eigenvalue weighted by atomic mass is 19.4. The van der Waals surface area contributed by atoms with E-state index in [1.54, 1.807) is 0 Å². The second-order valence-electron chi connectivity index (χ2n) is 6.31. The van der Waals surface area contributed by atoms with E-state index in [4.69, 9.17) is 5.73 Å². The average Bonchev–Trinajstić information content (AvgIpc) is 2.80. The Labute approximate surface area is 122 Å². The van der Waals surface area contributed by atoms with Gasteiger partial charge in [-0.15, -0.1) is 0 Å². The van der Waals surface area contributed by atoms with E-state index in [-0.39, 0.29) is 24.9 Å². The van der Waals surface area contributed by atoms with Crippen LogP contribution in [0, 0.1) is 5.92 Å². The zero-order valence-electron chi connectivity index (χ0n) is 11.9. The Bertz CT molecular complexity index is 505. The molecular weight excluding hydrogens is 277 g/mol. The van der Waals surface area contributed by atoms with E-state index < -0.39 is 12.1 Å². The van der Waals surface area contributed by atoms with Crippen LogP contribution in [-0.4, -0.2) is 12.2 Å². The third-order valence-electron chi connectivity index (χ3n) is 4.87. The highest BCUT2D eigenvalue weighted by Gasteiger charge is 2.41. The van der Waals surface area contributed by atoms with Crippen molar-refractivity contribution in [1.29, 1.82) is 0 Å². The topological polar surface area (TPSA) is 38.0 Å². The van der Waals surface area contributed by atoms with Crippen molar-refractivity contribution >= 4 is 5.69 Å². The Hall–Kier alpha value is -1.23. The third kappa shape index (κ3) is 3.18. The molecule has 0 aromatic heterocycles. The van der Waals surface area contributed by atoms with Gasteiger partial charge in [0.05, 0.1) is 5.92 Å². The first-order chi connectivity index (χ1) is 9.93. The lowest BCUT2D eigenvalue weighted by Crippen LogP contribution is -2.38. The van der Waals surface area contributed by atoms with Crippen molar-refractivity contribution in [1.82, 2.24) is 5.32 Å². The van der Waals surface area contributed by atoms with Gasteiger partial charge in [0.25, 0.3) is 0 Å². The fourth-order valence-corrected chi connectivity index (χ4v) is 3.68. The number of rotatable bonds is 2. The maximum atomic E-state index is 12.7. The van der Waals surface area contributed by atoms with Gasteiger partial charge < -0.3 is 11.1 Å². The SMILES string of the molecule is Nc1ccc2c(c1)CCC2NC1CCC(C(F)(F)F)CC1. The number of hydrogen-bond donors (Lipinski definition) is 2. The van der Waals surface area contributed by atoms with Gasteiger partial charge in [0, 0.05) is 17.8 Å². The second kappa shape index (κ2) is 5.52. The molecule has 1 unspecified atom stereocenters. The Kier molecular flexibility index (Phi) is 3.86. The van der Waals surface area contributed by atoms with E-state index in [0.717, 1.165) is 18.5 Å².